The molecule has 0 aliphatic rings. The second kappa shape index (κ2) is 9.40. The third-order valence-electron chi connectivity index (χ3n) is 2.15. The lowest BCUT2D eigenvalue weighted by Gasteiger charge is -2.17. The third-order valence-corrected chi connectivity index (χ3v) is 2.15. The fraction of sp³-hybridized carbons (Fsp3) is 1.00. The van der Waals surface area contributed by atoms with E-state index in [-0.39, 0.29) is 0 Å². The number of hydrogen-bond acceptors (Lipinski definition) is 4. The van der Waals surface area contributed by atoms with Crippen LogP contribution in [-0.2, 0) is 0 Å². The highest BCUT2D eigenvalue weighted by Crippen LogP contribution is 1.78. The van der Waals surface area contributed by atoms with E-state index < -0.39 is 0 Å². The highest BCUT2D eigenvalue weighted by atomic mass is 15.1. The zero-order valence-corrected chi connectivity index (χ0v) is 10.1. The van der Waals surface area contributed by atoms with E-state index in [1.54, 1.807) is 0 Å². The van der Waals surface area contributed by atoms with Gasteiger partial charge >= 0.3 is 0 Å². The maximum atomic E-state index is 3.42. The van der Waals surface area contributed by atoms with Crippen LogP contribution in [0.15, 0.2) is 0 Å². The molecule has 0 spiro atoms. The zero-order valence-electron chi connectivity index (χ0n) is 10.1. The van der Waals surface area contributed by atoms with Crippen molar-refractivity contribution in [3.05, 3.63) is 0 Å². The maximum absolute atomic E-state index is 3.42. The zero-order chi connectivity index (χ0) is 10.8. The lowest BCUT2D eigenvalue weighted by molar-refractivity contribution is 0.326. The van der Waals surface area contributed by atoms with Crippen LogP contribution < -0.4 is 10.6 Å². The Morgan fingerprint density at radius 2 is 1.43 bits per heavy atom. The molecular weight excluding hydrogens is 176 g/mol. The predicted molar refractivity (Wildman–Crippen MR) is 62.8 cm³/mol. The van der Waals surface area contributed by atoms with Gasteiger partial charge in [0.2, 0.25) is 0 Å². The van der Waals surface area contributed by atoms with Gasteiger partial charge in [0.05, 0.1) is 0 Å². The molecule has 14 heavy (non-hydrogen) atoms. The lowest BCUT2D eigenvalue weighted by Crippen LogP contribution is -2.35. The van der Waals surface area contributed by atoms with Crippen molar-refractivity contribution >= 4 is 0 Å². The standard InChI is InChI=1S/C10H26N4/c1-11-5-9-14(4)10-7-12-6-8-13(2)3/h11-12H,5-10H2,1-4H3. The highest BCUT2D eigenvalue weighted by molar-refractivity contribution is 4.56. The van der Waals surface area contributed by atoms with Gasteiger partial charge in [-0.25, -0.2) is 0 Å². The minimum atomic E-state index is 1.06. The molecule has 0 aliphatic heterocycles. The molecule has 0 unspecified atom stereocenters. The van der Waals surface area contributed by atoms with Gasteiger partial charge in [0.25, 0.3) is 0 Å². The topological polar surface area (TPSA) is 30.5 Å². The first-order valence-corrected chi connectivity index (χ1v) is 5.35. The van der Waals surface area contributed by atoms with Gasteiger partial charge in [-0.15, -0.1) is 0 Å². The van der Waals surface area contributed by atoms with Gasteiger partial charge in [0.1, 0.15) is 0 Å². The Bertz CT molecular complexity index is 117. The normalized spacial score (nSPS) is 11.6. The van der Waals surface area contributed by atoms with E-state index in [2.05, 4.69) is 41.6 Å². The van der Waals surface area contributed by atoms with E-state index in [1.807, 2.05) is 7.05 Å². The number of rotatable bonds is 9. The Morgan fingerprint density at radius 3 is 2.00 bits per heavy atom. The summed E-state index contributed by atoms with van der Waals surface area (Å²) in [6, 6.07) is 0. The Balaban J connectivity index is 3.10. The van der Waals surface area contributed by atoms with Gasteiger partial charge in [-0.1, -0.05) is 0 Å². The van der Waals surface area contributed by atoms with Gasteiger partial charge < -0.3 is 20.4 Å². The van der Waals surface area contributed by atoms with Gasteiger partial charge in [-0.2, -0.15) is 0 Å². The molecule has 86 valence electrons. The first kappa shape index (κ1) is 13.8. The highest BCUT2D eigenvalue weighted by Gasteiger charge is 1.96. The second-order valence-electron chi connectivity index (χ2n) is 3.96. The largest absolute Gasteiger partial charge is 0.318 e. The van der Waals surface area contributed by atoms with Crippen molar-refractivity contribution in [1.29, 1.82) is 0 Å². The fourth-order valence-electron chi connectivity index (χ4n) is 1.11. The molecule has 0 saturated carbocycles. The molecule has 0 aromatic rings. The van der Waals surface area contributed by atoms with Crippen molar-refractivity contribution in [2.45, 2.75) is 0 Å². The molecule has 4 nitrogen and oxygen atoms in total. The first-order chi connectivity index (χ1) is 6.66. The summed E-state index contributed by atoms with van der Waals surface area (Å²) in [5.74, 6) is 0. The van der Waals surface area contributed by atoms with Gasteiger partial charge in [-0.05, 0) is 28.2 Å². The van der Waals surface area contributed by atoms with Crippen LogP contribution in [0.2, 0.25) is 0 Å². The van der Waals surface area contributed by atoms with Crippen LogP contribution in [0.1, 0.15) is 0 Å². The van der Waals surface area contributed by atoms with Crippen LogP contribution in [0.4, 0.5) is 0 Å². The van der Waals surface area contributed by atoms with Crippen LogP contribution in [0.25, 0.3) is 0 Å². The summed E-state index contributed by atoms with van der Waals surface area (Å²) in [5.41, 5.74) is 0. The molecule has 0 bridgehead atoms. The molecule has 2 N–H and O–H groups in total. The number of hydrogen-bond donors (Lipinski definition) is 2. The molecule has 0 amide bonds. The van der Waals surface area contributed by atoms with Gasteiger partial charge in [0, 0.05) is 39.3 Å². The van der Waals surface area contributed by atoms with E-state index in [1.165, 1.54) is 0 Å². The molecule has 0 rings (SSSR count). The summed E-state index contributed by atoms with van der Waals surface area (Å²) in [6.45, 7) is 6.57. The molecule has 0 aliphatic carbocycles. The van der Waals surface area contributed by atoms with E-state index in [4.69, 9.17) is 0 Å². The fourth-order valence-corrected chi connectivity index (χ4v) is 1.11. The van der Waals surface area contributed by atoms with E-state index in [9.17, 15) is 0 Å². The molecule has 0 aromatic carbocycles. The van der Waals surface area contributed by atoms with Crippen molar-refractivity contribution in [3.63, 3.8) is 0 Å². The first-order valence-electron chi connectivity index (χ1n) is 5.35. The molecule has 0 heterocycles. The molecule has 0 saturated heterocycles. The average molecular weight is 202 g/mol. The van der Waals surface area contributed by atoms with E-state index in [0.29, 0.717) is 0 Å². The smallest absolute Gasteiger partial charge is 0.0104 e. The number of nitrogens with one attached hydrogen (secondary N) is 2. The van der Waals surface area contributed by atoms with Gasteiger partial charge in [0.15, 0.2) is 0 Å². The maximum Gasteiger partial charge on any atom is 0.0104 e. The van der Waals surface area contributed by atoms with Crippen LogP contribution in [0.3, 0.4) is 0 Å². The molecule has 4 heteroatoms. The molecule has 0 radical (unpaired) electrons. The monoisotopic (exact) mass is 202 g/mol. The lowest BCUT2D eigenvalue weighted by atomic mass is 10.4. The van der Waals surface area contributed by atoms with Crippen molar-refractivity contribution in [3.8, 4) is 0 Å². The van der Waals surface area contributed by atoms with E-state index >= 15 is 0 Å². The predicted octanol–water partition coefficient (Wildman–Crippen LogP) is -0.711. The average Bonchev–Trinajstić information content (AvgIpc) is 2.13. The second-order valence-corrected chi connectivity index (χ2v) is 3.96. The Morgan fingerprint density at radius 1 is 0.857 bits per heavy atom. The Labute approximate surface area is 88.6 Å². The Kier molecular flexibility index (Phi) is 9.29. The van der Waals surface area contributed by atoms with Crippen LogP contribution in [0, 0.1) is 0 Å². The van der Waals surface area contributed by atoms with Crippen LogP contribution in [-0.4, -0.2) is 77.3 Å². The Hall–Kier alpha value is -0.160. The summed E-state index contributed by atoms with van der Waals surface area (Å²) in [7, 11) is 8.34. The van der Waals surface area contributed by atoms with Crippen molar-refractivity contribution in [1.82, 2.24) is 20.4 Å². The summed E-state index contributed by atoms with van der Waals surface area (Å²) in [5, 5.41) is 6.57. The minimum Gasteiger partial charge on any atom is -0.318 e. The number of nitrogens with zero attached hydrogens (tertiary/aromatic N) is 2. The van der Waals surface area contributed by atoms with Crippen LogP contribution in [0.5, 0.6) is 0 Å². The molecule has 0 aromatic heterocycles. The SMILES string of the molecule is CNCCN(C)CCNCCN(C)C. The summed E-state index contributed by atoms with van der Waals surface area (Å²) in [4.78, 5) is 4.52. The van der Waals surface area contributed by atoms with Crippen molar-refractivity contribution in [2.24, 2.45) is 0 Å². The minimum absolute atomic E-state index is 1.06. The van der Waals surface area contributed by atoms with Crippen molar-refractivity contribution < 1.29 is 0 Å². The van der Waals surface area contributed by atoms with Crippen molar-refractivity contribution in [2.75, 3.05) is 67.5 Å². The summed E-state index contributed by atoms with van der Waals surface area (Å²) < 4.78 is 0. The third kappa shape index (κ3) is 9.92. The molecule has 0 fully saturated rings. The quantitative estimate of drug-likeness (QED) is 0.484. The van der Waals surface area contributed by atoms with Crippen LogP contribution >= 0.6 is 0 Å². The summed E-state index contributed by atoms with van der Waals surface area (Å²) in [6.07, 6.45) is 0. The summed E-state index contributed by atoms with van der Waals surface area (Å²) >= 11 is 0. The van der Waals surface area contributed by atoms with Gasteiger partial charge in [-0.3, -0.25) is 0 Å². The van der Waals surface area contributed by atoms with E-state index in [0.717, 1.165) is 39.3 Å². The number of likely N-dealkylation sites (N-methyl/N-ethyl adjacent to an activating group) is 3. The molecule has 0 atom stereocenters. The molecular formula is C10H26N4.